The molecule has 7 heteroatoms. The summed E-state index contributed by atoms with van der Waals surface area (Å²) in [5.74, 6) is 0.241. The fraction of sp³-hybridized carbons (Fsp3) is 0.421. The Morgan fingerprint density at radius 1 is 0.719 bits per heavy atom. The number of aromatic nitrogens is 2. The molecule has 1 radical (unpaired) electrons. The third kappa shape index (κ3) is 13.3. The van der Waals surface area contributed by atoms with Gasteiger partial charge in [0.25, 0.3) is 0 Å². The molecule has 2 aliphatic rings. The molecule has 2 aliphatic carbocycles. The van der Waals surface area contributed by atoms with Gasteiger partial charge in [0.15, 0.2) is 5.78 Å². The third-order valence-electron chi connectivity index (χ3n) is 13.0. The van der Waals surface area contributed by atoms with Gasteiger partial charge in [0, 0.05) is 56.8 Å². The Kier molecular flexibility index (Phi) is 17.8. The van der Waals surface area contributed by atoms with E-state index in [1.807, 2.05) is 27.0 Å². The van der Waals surface area contributed by atoms with Crippen LogP contribution in [-0.2, 0) is 24.9 Å². The van der Waals surface area contributed by atoms with Crippen LogP contribution in [0, 0.1) is 51.7 Å². The minimum Gasteiger partial charge on any atom is -0.512 e. The van der Waals surface area contributed by atoms with Gasteiger partial charge in [-0.2, -0.15) is 0 Å². The summed E-state index contributed by atoms with van der Waals surface area (Å²) in [5, 5.41) is 14.0. The molecule has 2 saturated carbocycles. The van der Waals surface area contributed by atoms with Crippen molar-refractivity contribution in [3.63, 3.8) is 0 Å². The minimum atomic E-state index is -2.46. The molecule has 0 amide bonds. The molecule has 0 saturated heterocycles. The number of hydrogen-bond donors (Lipinski definition) is 1. The molecule has 2 heterocycles. The predicted octanol–water partition coefficient (Wildman–Crippen LogP) is 16.1. The van der Waals surface area contributed by atoms with Crippen LogP contribution in [0.2, 0.25) is 0 Å². The maximum absolute atomic E-state index is 12.2. The Hall–Kier alpha value is -4.58. The molecular weight excluding hydrogens is 975 g/mol. The molecule has 4 nitrogen and oxygen atoms in total. The number of nitrogens with zero attached hydrogens (tertiary/aromatic N) is 2. The standard InChI is InChI=1S/2C22H22N.C13H22F2O2.Ir/c2*1-15-11-16(2)13-20(12-15)22-21-8-7-18(17-5-3-4-6-17)14-19(21)9-10-23-22;1-4-9(5-2)11(16)8-12(17)10(6-3)7-13(14)15;/h2*7-12,14,17H,3-6H2,1-2H3;8-10,13,17H,4-7H2,1-3H3;/q2*-1;;/b;;12-8-;/i9D,10D;;;. The van der Waals surface area contributed by atoms with Crippen LogP contribution in [0.3, 0.4) is 0 Å². The van der Waals surface area contributed by atoms with Gasteiger partial charge in [-0.05, 0) is 113 Å². The zero-order chi connectivity index (χ0) is 46.8. The fourth-order valence-electron chi connectivity index (χ4n) is 9.55. The SMILES string of the molecule is CCC(CC)C(=O)/C=C(\O)C(CC)CC(F)F.Cc1[c-]c(-c2nccc3cc(C4CCCC4)ccc23)cc(C)c1.[2H]c1nc(-c2[c-]c(C)cc(C)c2)c2ccc(C3CCCC3)cc2c1[2H].[Ir]. The molecule has 0 bridgehead atoms. The first-order valence-electron chi connectivity index (χ1n) is 24.2. The van der Waals surface area contributed by atoms with Crippen molar-refractivity contribution in [1.29, 1.82) is 0 Å². The van der Waals surface area contributed by atoms with Crippen LogP contribution in [0.15, 0.2) is 97.0 Å². The van der Waals surface area contributed by atoms with E-state index in [1.165, 1.54) is 84.4 Å². The smallest absolute Gasteiger partial charge is 0.239 e. The summed E-state index contributed by atoms with van der Waals surface area (Å²) >= 11 is 0. The number of fused-ring (bicyclic) bond motifs is 2. The molecule has 1 unspecified atom stereocenters. The first-order valence-corrected chi connectivity index (χ1v) is 23.2. The van der Waals surface area contributed by atoms with Crippen LogP contribution < -0.4 is 0 Å². The Labute approximate surface area is 397 Å². The van der Waals surface area contributed by atoms with Crippen molar-refractivity contribution in [2.75, 3.05) is 0 Å². The first kappa shape index (κ1) is 47.4. The van der Waals surface area contributed by atoms with Crippen molar-refractivity contribution >= 4 is 27.3 Å². The van der Waals surface area contributed by atoms with E-state index >= 15 is 0 Å². The summed E-state index contributed by atoms with van der Waals surface area (Å²) < 4.78 is 41.0. The molecule has 8 rings (SSSR count). The number of aliphatic hydroxyl groups excluding tert-OH is 1. The van der Waals surface area contributed by atoms with Crippen molar-refractivity contribution in [1.82, 2.24) is 9.97 Å². The summed E-state index contributed by atoms with van der Waals surface area (Å²) in [5.41, 5.74) is 11.3. The molecule has 1 atom stereocenters. The minimum absolute atomic E-state index is 0. The molecule has 2 fully saturated rings. The Bertz CT molecular complexity index is 2570. The van der Waals surface area contributed by atoms with Gasteiger partial charge in [-0.3, -0.25) is 4.79 Å². The topological polar surface area (TPSA) is 63.1 Å². The quantitative estimate of drug-likeness (QED) is 0.0754. The van der Waals surface area contributed by atoms with E-state index in [9.17, 15) is 18.7 Å². The number of allylic oxidation sites excluding steroid dienone is 2. The normalized spacial score (nSPS) is 15.3. The van der Waals surface area contributed by atoms with Gasteiger partial charge in [0.05, 0.1) is 8.50 Å². The van der Waals surface area contributed by atoms with E-state index in [1.54, 1.807) is 6.92 Å². The number of aliphatic hydroxyl groups is 1. The van der Waals surface area contributed by atoms with Gasteiger partial charge in [0.1, 0.15) is 0 Å². The number of ketones is 1. The zero-order valence-corrected chi connectivity index (χ0v) is 41.1. The molecule has 0 aliphatic heterocycles. The summed E-state index contributed by atoms with van der Waals surface area (Å²) in [7, 11) is 0. The summed E-state index contributed by atoms with van der Waals surface area (Å²) in [6.07, 6.45) is 12.5. The van der Waals surface area contributed by atoms with Crippen LogP contribution in [-0.4, -0.2) is 27.3 Å². The van der Waals surface area contributed by atoms with Crippen LogP contribution in [0.1, 0.15) is 146 Å². The predicted molar refractivity (Wildman–Crippen MR) is 258 cm³/mol. The molecular formula is C57H66F2IrN2O2-2. The summed E-state index contributed by atoms with van der Waals surface area (Å²) in [4.78, 5) is 20.8. The zero-order valence-electron chi connectivity index (χ0n) is 40.7. The van der Waals surface area contributed by atoms with Crippen LogP contribution >= 0.6 is 0 Å². The number of carbonyl (C=O) groups excluding carboxylic acids is 1. The number of benzene rings is 4. The average Bonchev–Trinajstić information content (AvgIpc) is 4.03. The number of hydrogen-bond acceptors (Lipinski definition) is 4. The number of rotatable bonds is 12. The van der Waals surface area contributed by atoms with Gasteiger partial charge >= 0.3 is 0 Å². The molecule has 341 valence electrons. The summed E-state index contributed by atoms with van der Waals surface area (Å²) in [6, 6.07) is 31.0. The van der Waals surface area contributed by atoms with Gasteiger partial charge in [-0.25, -0.2) is 8.78 Å². The van der Waals surface area contributed by atoms with E-state index in [2.05, 4.69) is 110 Å². The largest absolute Gasteiger partial charge is 0.512 e. The van der Waals surface area contributed by atoms with Gasteiger partial charge < -0.3 is 15.1 Å². The Morgan fingerprint density at radius 2 is 1.20 bits per heavy atom. The van der Waals surface area contributed by atoms with Gasteiger partial charge in [0.2, 0.25) is 6.43 Å². The number of halogens is 2. The molecule has 4 aromatic carbocycles. The van der Waals surface area contributed by atoms with E-state index < -0.39 is 18.8 Å². The number of carbonyl (C=O) groups is 1. The number of aryl methyl sites for hydroxylation is 4. The molecule has 64 heavy (non-hydrogen) atoms. The second kappa shape index (κ2) is 24.1. The third-order valence-corrected chi connectivity index (χ3v) is 13.0. The van der Waals surface area contributed by atoms with Gasteiger partial charge in [-0.1, -0.05) is 111 Å². The molecule has 2 aromatic heterocycles. The molecule has 6 aromatic rings. The fourth-order valence-corrected chi connectivity index (χ4v) is 9.55. The maximum atomic E-state index is 12.2. The second-order valence-corrected chi connectivity index (χ2v) is 17.8. The van der Waals surface area contributed by atoms with Crippen LogP contribution in [0.25, 0.3) is 44.1 Å². The van der Waals surface area contributed by atoms with Crippen molar-refractivity contribution in [2.24, 2.45) is 11.8 Å². The van der Waals surface area contributed by atoms with Gasteiger partial charge in [-0.15, -0.1) is 69.8 Å². The number of pyridine rings is 2. The second-order valence-electron chi connectivity index (χ2n) is 17.8. The monoisotopic (exact) mass is 1040 g/mol. The Morgan fingerprint density at radius 3 is 1.69 bits per heavy atom. The summed E-state index contributed by atoms with van der Waals surface area (Å²) in [6.45, 7) is 13.8. The molecule has 1 N–H and O–H groups in total. The van der Waals surface area contributed by atoms with E-state index in [-0.39, 0.29) is 49.8 Å². The maximum Gasteiger partial charge on any atom is 0.239 e. The van der Waals surface area contributed by atoms with Crippen molar-refractivity contribution in [3.8, 4) is 22.5 Å². The molecule has 0 spiro atoms. The van der Waals surface area contributed by atoms with E-state index in [0.717, 1.165) is 56.4 Å². The van der Waals surface area contributed by atoms with Crippen molar-refractivity contribution in [3.05, 3.63) is 142 Å². The van der Waals surface area contributed by atoms with Crippen LogP contribution in [0.4, 0.5) is 8.78 Å². The average molecular weight is 1040 g/mol. The van der Waals surface area contributed by atoms with Crippen LogP contribution in [0.5, 0.6) is 0 Å². The van der Waals surface area contributed by atoms with Crippen molar-refractivity contribution < 1.29 is 41.5 Å². The van der Waals surface area contributed by atoms with E-state index in [4.69, 9.17) is 2.74 Å². The van der Waals surface area contributed by atoms with E-state index in [0.29, 0.717) is 25.2 Å². The first-order chi connectivity index (χ1) is 31.2. The van der Waals surface area contributed by atoms with Crippen molar-refractivity contribution in [2.45, 2.75) is 144 Å². The number of alkyl halides is 2. The Balaban J connectivity index is 0.000000188.